The smallest absolute Gasteiger partial charge is 0.273 e. The zero-order chi connectivity index (χ0) is 20.1. The Kier molecular flexibility index (Phi) is 5.33. The first-order valence-corrected chi connectivity index (χ1v) is 9.24. The summed E-state index contributed by atoms with van der Waals surface area (Å²) in [5, 5.41) is 9.94. The van der Waals surface area contributed by atoms with Crippen LogP contribution in [-0.2, 0) is 6.61 Å². The monoisotopic (exact) mass is 384 g/mol. The van der Waals surface area contributed by atoms with Crippen LogP contribution in [0.1, 0.15) is 21.7 Å². The largest absolute Gasteiger partial charge is 0.485 e. The molecular weight excluding hydrogens is 364 g/mol. The molecule has 0 atom stereocenters. The lowest BCUT2D eigenvalue weighted by Gasteiger charge is -2.11. The molecule has 0 bridgehead atoms. The van der Waals surface area contributed by atoms with Crippen molar-refractivity contribution in [2.75, 3.05) is 5.32 Å². The highest BCUT2D eigenvalue weighted by molar-refractivity contribution is 6.04. The van der Waals surface area contributed by atoms with Crippen molar-refractivity contribution in [1.82, 2.24) is 15.2 Å². The Bertz CT molecular complexity index is 1110. The predicted octanol–water partition coefficient (Wildman–Crippen LogP) is 4.61. The third-order valence-electron chi connectivity index (χ3n) is 4.41. The molecule has 2 heterocycles. The summed E-state index contributed by atoms with van der Waals surface area (Å²) in [6.07, 6.45) is 1.72. The lowest BCUT2D eigenvalue weighted by Crippen LogP contribution is -2.13. The molecule has 4 rings (SSSR count). The Hall–Kier alpha value is -3.93. The van der Waals surface area contributed by atoms with Crippen LogP contribution in [0.4, 0.5) is 5.69 Å². The van der Waals surface area contributed by atoms with Crippen LogP contribution >= 0.6 is 0 Å². The number of nitrogens with one attached hydrogen (secondary N) is 2. The van der Waals surface area contributed by atoms with Crippen molar-refractivity contribution in [2.24, 2.45) is 0 Å². The van der Waals surface area contributed by atoms with Gasteiger partial charge in [-0.1, -0.05) is 48.0 Å². The molecule has 1 amide bonds. The number of carbonyl (C=O) groups is 1. The topological polar surface area (TPSA) is 79.9 Å². The number of para-hydroxylation sites is 2. The first-order chi connectivity index (χ1) is 14.2. The fraction of sp³-hybridized carbons (Fsp3) is 0.0870. The van der Waals surface area contributed by atoms with E-state index in [1.54, 1.807) is 18.3 Å². The van der Waals surface area contributed by atoms with Crippen molar-refractivity contribution in [3.63, 3.8) is 0 Å². The zero-order valence-corrected chi connectivity index (χ0v) is 15.9. The lowest BCUT2D eigenvalue weighted by atomic mass is 10.1. The number of nitrogens with zero attached hydrogens (tertiary/aromatic N) is 2. The third kappa shape index (κ3) is 4.50. The Morgan fingerprint density at radius 3 is 2.62 bits per heavy atom. The molecule has 0 unspecified atom stereocenters. The minimum Gasteiger partial charge on any atom is -0.485 e. The molecule has 0 fully saturated rings. The number of amides is 1. The molecule has 29 heavy (non-hydrogen) atoms. The van der Waals surface area contributed by atoms with Gasteiger partial charge in [0.1, 0.15) is 18.1 Å². The summed E-state index contributed by atoms with van der Waals surface area (Å²) in [5.74, 6) is 0.287. The number of rotatable bonds is 6. The molecule has 2 aromatic carbocycles. The fourth-order valence-corrected chi connectivity index (χ4v) is 2.83. The van der Waals surface area contributed by atoms with E-state index in [2.05, 4.69) is 20.5 Å². The number of benzene rings is 2. The molecule has 6 heteroatoms. The molecule has 0 aliphatic heterocycles. The Morgan fingerprint density at radius 1 is 1.03 bits per heavy atom. The number of hydrogen-bond donors (Lipinski definition) is 2. The van der Waals surface area contributed by atoms with E-state index in [1.165, 1.54) is 5.56 Å². The maximum Gasteiger partial charge on any atom is 0.273 e. The van der Waals surface area contributed by atoms with Crippen LogP contribution in [0.25, 0.3) is 11.3 Å². The predicted molar refractivity (Wildman–Crippen MR) is 112 cm³/mol. The summed E-state index contributed by atoms with van der Waals surface area (Å²) in [6.45, 7) is 2.34. The number of pyridine rings is 1. The van der Waals surface area contributed by atoms with Gasteiger partial charge in [0.25, 0.3) is 5.91 Å². The van der Waals surface area contributed by atoms with E-state index in [-0.39, 0.29) is 5.91 Å². The molecule has 4 aromatic rings. The molecule has 0 radical (unpaired) electrons. The summed E-state index contributed by atoms with van der Waals surface area (Å²) in [5.41, 5.74) is 4.61. The number of hydrogen-bond acceptors (Lipinski definition) is 4. The van der Waals surface area contributed by atoms with Crippen LogP contribution in [0, 0.1) is 6.92 Å². The number of aryl methyl sites for hydroxylation is 1. The molecule has 0 saturated heterocycles. The number of anilines is 1. The highest BCUT2D eigenvalue weighted by Gasteiger charge is 2.13. The molecule has 6 nitrogen and oxygen atoms in total. The molecule has 2 aromatic heterocycles. The quantitative estimate of drug-likeness (QED) is 0.509. The SMILES string of the molecule is Cc1ccc(-c2cc(C(=O)Nc3ccccc3OCc3ccccn3)[nH]n2)cc1. The van der Waals surface area contributed by atoms with Gasteiger partial charge in [-0.25, -0.2) is 0 Å². The molecular formula is C23H20N4O2. The molecule has 144 valence electrons. The van der Waals surface area contributed by atoms with E-state index < -0.39 is 0 Å². The van der Waals surface area contributed by atoms with Crippen molar-refractivity contribution >= 4 is 11.6 Å². The van der Waals surface area contributed by atoms with Gasteiger partial charge in [-0.15, -0.1) is 0 Å². The van der Waals surface area contributed by atoms with Gasteiger partial charge in [-0.3, -0.25) is 14.9 Å². The van der Waals surface area contributed by atoms with E-state index in [0.29, 0.717) is 23.7 Å². The maximum atomic E-state index is 12.7. The molecule has 0 aliphatic rings. The van der Waals surface area contributed by atoms with Crippen molar-refractivity contribution in [3.05, 3.63) is 95.9 Å². The maximum absolute atomic E-state index is 12.7. The van der Waals surface area contributed by atoms with E-state index in [1.807, 2.05) is 67.6 Å². The van der Waals surface area contributed by atoms with Gasteiger partial charge >= 0.3 is 0 Å². The average Bonchev–Trinajstić information content (AvgIpc) is 3.25. The number of carbonyl (C=O) groups excluding carboxylic acids is 1. The van der Waals surface area contributed by atoms with Crippen LogP contribution in [0.3, 0.4) is 0 Å². The van der Waals surface area contributed by atoms with Crippen molar-refractivity contribution in [3.8, 4) is 17.0 Å². The zero-order valence-electron chi connectivity index (χ0n) is 15.9. The van der Waals surface area contributed by atoms with Crippen LogP contribution in [0.5, 0.6) is 5.75 Å². The van der Waals surface area contributed by atoms with Gasteiger partial charge in [0.15, 0.2) is 0 Å². The minimum absolute atomic E-state index is 0.287. The second kappa shape index (κ2) is 8.39. The van der Waals surface area contributed by atoms with Gasteiger partial charge < -0.3 is 10.1 Å². The van der Waals surface area contributed by atoms with E-state index in [9.17, 15) is 4.79 Å². The van der Waals surface area contributed by atoms with Crippen LogP contribution in [0.2, 0.25) is 0 Å². The summed E-state index contributed by atoms with van der Waals surface area (Å²) in [4.78, 5) is 16.9. The van der Waals surface area contributed by atoms with E-state index >= 15 is 0 Å². The molecule has 0 spiro atoms. The van der Waals surface area contributed by atoms with Gasteiger partial charge in [-0.05, 0) is 37.3 Å². The fourth-order valence-electron chi connectivity index (χ4n) is 2.83. The first kappa shape index (κ1) is 18.4. The second-order valence-corrected chi connectivity index (χ2v) is 6.59. The number of aromatic nitrogens is 3. The molecule has 0 saturated carbocycles. The van der Waals surface area contributed by atoms with Crippen LogP contribution in [0.15, 0.2) is 79.0 Å². The summed E-state index contributed by atoms with van der Waals surface area (Å²) in [6, 6.07) is 22.7. The highest BCUT2D eigenvalue weighted by Crippen LogP contribution is 2.25. The second-order valence-electron chi connectivity index (χ2n) is 6.59. The van der Waals surface area contributed by atoms with E-state index in [4.69, 9.17) is 4.74 Å². The number of ether oxygens (including phenoxy) is 1. The normalized spacial score (nSPS) is 10.5. The van der Waals surface area contributed by atoms with Crippen LogP contribution < -0.4 is 10.1 Å². The van der Waals surface area contributed by atoms with Crippen molar-refractivity contribution in [2.45, 2.75) is 13.5 Å². The standard InChI is InChI=1S/C23H20N4O2/c1-16-9-11-17(12-10-16)20-14-21(27-26-20)23(28)25-19-7-2-3-8-22(19)29-15-18-6-4-5-13-24-18/h2-14H,15H2,1H3,(H,25,28)(H,26,27). The van der Waals surface area contributed by atoms with Crippen molar-refractivity contribution in [1.29, 1.82) is 0 Å². The number of H-pyrrole nitrogens is 1. The third-order valence-corrected chi connectivity index (χ3v) is 4.41. The Morgan fingerprint density at radius 2 is 1.83 bits per heavy atom. The van der Waals surface area contributed by atoms with Crippen LogP contribution in [-0.4, -0.2) is 21.1 Å². The van der Waals surface area contributed by atoms with Gasteiger partial charge in [0.2, 0.25) is 0 Å². The highest BCUT2D eigenvalue weighted by atomic mass is 16.5. The summed E-state index contributed by atoms with van der Waals surface area (Å²) in [7, 11) is 0. The Labute approximate surface area is 168 Å². The minimum atomic E-state index is -0.287. The molecule has 2 N–H and O–H groups in total. The Balaban J connectivity index is 1.47. The van der Waals surface area contributed by atoms with Gasteiger partial charge in [0.05, 0.1) is 17.1 Å². The molecule has 0 aliphatic carbocycles. The summed E-state index contributed by atoms with van der Waals surface area (Å²) >= 11 is 0. The van der Waals surface area contributed by atoms with Gasteiger partial charge in [-0.2, -0.15) is 5.10 Å². The van der Waals surface area contributed by atoms with Crippen molar-refractivity contribution < 1.29 is 9.53 Å². The first-order valence-electron chi connectivity index (χ1n) is 9.24. The van der Waals surface area contributed by atoms with E-state index in [0.717, 1.165) is 17.0 Å². The summed E-state index contributed by atoms with van der Waals surface area (Å²) < 4.78 is 5.84. The lowest BCUT2D eigenvalue weighted by molar-refractivity contribution is 0.102. The average molecular weight is 384 g/mol. The number of aromatic amines is 1. The van der Waals surface area contributed by atoms with Gasteiger partial charge in [0, 0.05) is 11.8 Å².